The monoisotopic (exact) mass is 223 g/mol. The third kappa shape index (κ3) is 2.44. The molecular formula is C12H17NO3. The fourth-order valence-corrected chi connectivity index (χ4v) is 2.11. The predicted molar refractivity (Wildman–Crippen MR) is 59.1 cm³/mol. The van der Waals surface area contributed by atoms with Gasteiger partial charge in [0.15, 0.2) is 0 Å². The van der Waals surface area contributed by atoms with E-state index in [9.17, 15) is 4.79 Å². The lowest BCUT2D eigenvalue weighted by Gasteiger charge is -2.29. The molecule has 1 aromatic heterocycles. The Morgan fingerprint density at radius 1 is 1.56 bits per heavy atom. The first-order valence-corrected chi connectivity index (χ1v) is 5.65. The summed E-state index contributed by atoms with van der Waals surface area (Å²) in [6.07, 6.45) is 3.19. The Labute approximate surface area is 94.9 Å². The van der Waals surface area contributed by atoms with Crippen LogP contribution in [0.4, 0.5) is 0 Å². The minimum atomic E-state index is -0.658. The number of likely N-dealkylation sites (tertiary alicyclic amines) is 1. The van der Waals surface area contributed by atoms with Crippen molar-refractivity contribution in [2.75, 3.05) is 13.1 Å². The van der Waals surface area contributed by atoms with Crippen molar-refractivity contribution < 1.29 is 14.3 Å². The van der Waals surface area contributed by atoms with Gasteiger partial charge < -0.3 is 9.52 Å². The van der Waals surface area contributed by atoms with Gasteiger partial charge in [-0.1, -0.05) is 0 Å². The van der Waals surface area contributed by atoms with Crippen LogP contribution in [0.25, 0.3) is 0 Å². The molecule has 1 aliphatic rings. The number of aliphatic carboxylic acids is 1. The van der Waals surface area contributed by atoms with Gasteiger partial charge in [-0.05, 0) is 44.5 Å². The van der Waals surface area contributed by atoms with E-state index in [4.69, 9.17) is 9.52 Å². The molecule has 1 saturated heterocycles. The predicted octanol–water partition coefficient (Wildman–Crippen LogP) is 1.88. The standard InChI is InChI=1S/C12H17NO3/c1-9-4-7-16-11(9)8-13-5-2-10(3-6-13)12(14)15/h4,7,10H,2-3,5-6,8H2,1H3,(H,14,15). The van der Waals surface area contributed by atoms with Crippen molar-refractivity contribution in [3.8, 4) is 0 Å². The lowest BCUT2D eigenvalue weighted by molar-refractivity contribution is -0.143. The Bertz CT molecular complexity index is 364. The van der Waals surface area contributed by atoms with Gasteiger partial charge >= 0.3 is 5.97 Å². The highest BCUT2D eigenvalue weighted by molar-refractivity contribution is 5.70. The average Bonchev–Trinajstić information content (AvgIpc) is 2.65. The number of hydrogen-bond acceptors (Lipinski definition) is 3. The van der Waals surface area contributed by atoms with Gasteiger partial charge in [-0.3, -0.25) is 9.69 Å². The summed E-state index contributed by atoms with van der Waals surface area (Å²) in [4.78, 5) is 13.1. The summed E-state index contributed by atoms with van der Waals surface area (Å²) in [6.45, 7) is 4.52. The van der Waals surface area contributed by atoms with E-state index >= 15 is 0 Å². The van der Waals surface area contributed by atoms with Crippen LogP contribution in [0.5, 0.6) is 0 Å². The van der Waals surface area contributed by atoms with Gasteiger partial charge in [0.05, 0.1) is 18.7 Å². The zero-order valence-corrected chi connectivity index (χ0v) is 9.48. The molecule has 88 valence electrons. The van der Waals surface area contributed by atoms with E-state index in [1.165, 1.54) is 5.56 Å². The molecule has 0 spiro atoms. The Morgan fingerprint density at radius 3 is 2.75 bits per heavy atom. The van der Waals surface area contributed by atoms with Gasteiger partial charge in [-0.25, -0.2) is 0 Å². The summed E-state index contributed by atoms with van der Waals surface area (Å²) in [5.41, 5.74) is 1.17. The molecule has 0 bridgehead atoms. The molecule has 2 rings (SSSR count). The molecule has 0 atom stereocenters. The minimum absolute atomic E-state index is 0.158. The number of carboxylic acid groups (broad SMARTS) is 1. The molecule has 0 radical (unpaired) electrons. The Balaban J connectivity index is 1.86. The van der Waals surface area contributed by atoms with Crippen molar-refractivity contribution in [2.24, 2.45) is 5.92 Å². The summed E-state index contributed by atoms with van der Waals surface area (Å²) >= 11 is 0. The minimum Gasteiger partial charge on any atom is -0.481 e. The first-order chi connectivity index (χ1) is 7.66. The van der Waals surface area contributed by atoms with Gasteiger partial charge in [0, 0.05) is 0 Å². The number of hydrogen-bond donors (Lipinski definition) is 1. The first-order valence-electron chi connectivity index (χ1n) is 5.65. The second kappa shape index (κ2) is 4.70. The Kier molecular flexibility index (Phi) is 3.29. The number of nitrogens with zero attached hydrogens (tertiary/aromatic N) is 1. The van der Waals surface area contributed by atoms with E-state index in [1.807, 2.05) is 13.0 Å². The number of carbonyl (C=O) groups is 1. The topological polar surface area (TPSA) is 53.7 Å². The molecule has 16 heavy (non-hydrogen) atoms. The highest BCUT2D eigenvalue weighted by Crippen LogP contribution is 2.20. The van der Waals surface area contributed by atoms with Crippen LogP contribution in [0.1, 0.15) is 24.2 Å². The second-order valence-electron chi connectivity index (χ2n) is 4.42. The van der Waals surface area contributed by atoms with E-state index in [0.717, 1.165) is 38.2 Å². The van der Waals surface area contributed by atoms with Crippen LogP contribution >= 0.6 is 0 Å². The number of furan rings is 1. The van der Waals surface area contributed by atoms with Gasteiger partial charge in [-0.2, -0.15) is 0 Å². The van der Waals surface area contributed by atoms with Crippen molar-refractivity contribution in [1.82, 2.24) is 4.90 Å². The van der Waals surface area contributed by atoms with E-state index < -0.39 is 5.97 Å². The molecule has 0 aliphatic carbocycles. The molecule has 0 aromatic carbocycles. The van der Waals surface area contributed by atoms with Crippen LogP contribution in [-0.4, -0.2) is 29.1 Å². The maximum absolute atomic E-state index is 10.8. The SMILES string of the molecule is Cc1ccoc1CN1CCC(C(=O)O)CC1. The van der Waals surface area contributed by atoms with Crippen molar-refractivity contribution in [3.05, 3.63) is 23.7 Å². The van der Waals surface area contributed by atoms with Gasteiger partial charge in [0.2, 0.25) is 0 Å². The second-order valence-corrected chi connectivity index (χ2v) is 4.42. The maximum atomic E-state index is 10.8. The van der Waals surface area contributed by atoms with Crippen LogP contribution in [0.2, 0.25) is 0 Å². The molecule has 4 heteroatoms. The maximum Gasteiger partial charge on any atom is 0.306 e. The van der Waals surface area contributed by atoms with Crippen molar-refractivity contribution in [3.63, 3.8) is 0 Å². The van der Waals surface area contributed by atoms with E-state index in [0.29, 0.717) is 0 Å². The molecule has 0 saturated carbocycles. The Morgan fingerprint density at radius 2 is 2.25 bits per heavy atom. The number of carboxylic acids is 1. The number of piperidine rings is 1. The fourth-order valence-electron chi connectivity index (χ4n) is 2.11. The molecule has 1 aromatic rings. The zero-order valence-electron chi connectivity index (χ0n) is 9.48. The normalized spacial score (nSPS) is 18.8. The Hall–Kier alpha value is -1.29. The van der Waals surface area contributed by atoms with Crippen LogP contribution in [0.15, 0.2) is 16.7 Å². The summed E-state index contributed by atoms with van der Waals surface area (Å²) < 4.78 is 5.38. The molecule has 0 amide bonds. The average molecular weight is 223 g/mol. The van der Waals surface area contributed by atoms with Crippen molar-refractivity contribution in [2.45, 2.75) is 26.3 Å². The molecule has 1 aliphatic heterocycles. The molecule has 4 nitrogen and oxygen atoms in total. The number of rotatable bonds is 3. The van der Waals surface area contributed by atoms with Crippen molar-refractivity contribution in [1.29, 1.82) is 0 Å². The summed E-state index contributed by atoms with van der Waals surface area (Å²) in [6, 6.07) is 1.96. The lowest BCUT2D eigenvalue weighted by Crippen LogP contribution is -2.35. The van der Waals surface area contributed by atoms with Gasteiger partial charge in [0.25, 0.3) is 0 Å². The molecule has 0 unspecified atom stereocenters. The highest BCUT2D eigenvalue weighted by Gasteiger charge is 2.24. The molecule has 1 N–H and O–H groups in total. The van der Waals surface area contributed by atoms with E-state index in [1.54, 1.807) is 6.26 Å². The van der Waals surface area contributed by atoms with Crippen LogP contribution < -0.4 is 0 Å². The molecule has 1 fully saturated rings. The first kappa shape index (κ1) is 11.2. The van der Waals surface area contributed by atoms with Crippen LogP contribution in [-0.2, 0) is 11.3 Å². The third-order valence-electron chi connectivity index (χ3n) is 3.27. The summed E-state index contributed by atoms with van der Waals surface area (Å²) in [7, 11) is 0. The molecular weight excluding hydrogens is 206 g/mol. The van der Waals surface area contributed by atoms with Gasteiger partial charge in [-0.15, -0.1) is 0 Å². The molecule has 2 heterocycles. The van der Waals surface area contributed by atoms with Crippen molar-refractivity contribution >= 4 is 5.97 Å². The lowest BCUT2D eigenvalue weighted by atomic mass is 9.97. The van der Waals surface area contributed by atoms with Gasteiger partial charge in [0.1, 0.15) is 5.76 Å². The summed E-state index contributed by atoms with van der Waals surface area (Å²) in [5.74, 6) is 0.177. The third-order valence-corrected chi connectivity index (χ3v) is 3.27. The smallest absolute Gasteiger partial charge is 0.306 e. The van der Waals surface area contributed by atoms with E-state index in [-0.39, 0.29) is 5.92 Å². The largest absolute Gasteiger partial charge is 0.481 e. The number of aryl methyl sites for hydroxylation is 1. The summed E-state index contributed by atoms with van der Waals surface area (Å²) in [5, 5.41) is 8.89. The quantitative estimate of drug-likeness (QED) is 0.850. The van der Waals surface area contributed by atoms with E-state index in [2.05, 4.69) is 4.90 Å². The fraction of sp³-hybridized carbons (Fsp3) is 0.583. The highest BCUT2D eigenvalue weighted by atomic mass is 16.4. The van der Waals surface area contributed by atoms with Crippen LogP contribution in [0, 0.1) is 12.8 Å². The zero-order chi connectivity index (χ0) is 11.5. The van der Waals surface area contributed by atoms with Crippen LogP contribution in [0.3, 0.4) is 0 Å².